The molecule has 24 heavy (non-hydrogen) atoms. The van der Waals surface area contributed by atoms with Gasteiger partial charge in [-0.25, -0.2) is 13.6 Å². The average Bonchev–Trinajstić information content (AvgIpc) is 2.85. The molecule has 0 saturated carbocycles. The lowest BCUT2D eigenvalue weighted by molar-refractivity contribution is -0.117. The van der Waals surface area contributed by atoms with Crippen molar-refractivity contribution >= 4 is 33.2 Å². The Bertz CT molecular complexity index is 747. The molecule has 0 spiro atoms. The lowest BCUT2D eigenvalue weighted by Gasteiger charge is -2.21. The van der Waals surface area contributed by atoms with Crippen molar-refractivity contribution in [3.05, 3.63) is 18.2 Å². The Kier molecular flexibility index (Phi) is 5.45. The van der Waals surface area contributed by atoms with E-state index in [4.69, 9.17) is 9.88 Å². The van der Waals surface area contributed by atoms with E-state index in [9.17, 15) is 18.0 Å². The number of benzene rings is 1. The van der Waals surface area contributed by atoms with Crippen molar-refractivity contribution in [2.45, 2.75) is 19.8 Å². The second-order valence-corrected chi connectivity index (χ2v) is 7.35. The van der Waals surface area contributed by atoms with E-state index in [1.54, 1.807) is 25.1 Å². The first-order valence-electron chi connectivity index (χ1n) is 7.52. The molecule has 1 atom stereocenters. The topological polar surface area (TPSA) is 119 Å². The van der Waals surface area contributed by atoms with Gasteiger partial charge >= 0.3 is 0 Å². The summed E-state index contributed by atoms with van der Waals surface area (Å²) in [6.45, 7) is 1.94. The minimum Gasteiger partial charge on any atom is -0.497 e. The highest BCUT2D eigenvalue weighted by Crippen LogP contribution is 2.35. The first-order chi connectivity index (χ1) is 11.2. The molecule has 9 heteroatoms. The van der Waals surface area contributed by atoms with Gasteiger partial charge in [-0.3, -0.25) is 9.59 Å². The van der Waals surface area contributed by atoms with Crippen LogP contribution in [0.4, 0.5) is 11.4 Å². The van der Waals surface area contributed by atoms with Crippen LogP contribution in [0.1, 0.15) is 19.8 Å². The molecule has 1 saturated heterocycles. The van der Waals surface area contributed by atoms with Gasteiger partial charge in [0.25, 0.3) is 0 Å². The molecule has 1 aromatic carbocycles. The fourth-order valence-corrected chi connectivity index (χ4v) is 3.54. The van der Waals surface area contributed by atoms with Crippen LogP contribution in [0.15, 0.2) is 18.2 Å². The first kappa shape index (κ1) is 18.2. The maximum absolute atomic E-state index is 12.3. The average molecular weight is 355 g/mol. The highest BCUT2D eigenvalue weighted by molar-refractivity contribution is 7.89. The third-order valence-corrected chi connectivity index (χ3v) is 4.70. The number of anilines is 2. The number of carbonyl (C=O) groups is 2. The van der Waals surface area contributed by atoms with Crippen LogP contribution in [0.3, 0.4) is 0 Å². The fraction of sp³-hybridized carbons (Fsp3) is 0.467. The Balaban J connectivity index is 2.32. The van der Waals surface area contributed by atoms with Crippen molar-refractivity contribution in [1.29, 1.82) is 0 Å². The zero-order valence-electron chi connectivity index (χ0n) is 13.6. The number of nitrogens with one attached hydrogen (secondary N) is 1. The molecule has 8 nitrogen and oxygen atoms in total. The number of nitrogens with two attached hydrogens (primary N) is 1. The van der Waals surface area contributed by atoms with E-state index in [0.717, 1.165) is 0 Å². The standard InChI is InChI=1S/C15H21N3O5S/c1-3-14(19)17-12-5-4-11(23-2)7-13(12)18-8-10(6-15(18)20)9-24(16,21)22/h4-5,7,10H,3,6,8-9H2,1-2H3,(H,17,19)(H2,16,21,22). The van der Waals surface area contributed by atoms with Gasteiger partial charge in [0, 0.05) is 31.4 Å². The number of ether oxygens (including phenoxy) is 1. The Morgan fingerprint density at radius 2 is 2.17 bits per heavy atom. The Hall–Kier alpha value is -2.13. The number of rotatable bonds is 6. The number of carbonyl (C=O) groups excluding carboxylic acids is 2. The summed E-state index contributed by atoms with van der Waals surface area (Å²) in [5.74, 6) is -0.510. The predicted octanol–water partition coefficient (Wildman–Crippen LogP) is 0.685. The van der Waals surface area contributed by atoms with Crippen LogP contribution in [0.2, 0.25) is 0 Å². The van der Waals surface area contributed by atoms with Gasteiger partial charge in [0.15, 0.2) is 0 Å². The van der Waals surface area contributed by atoms with E-state index in [-0.39, 0.29) is 36.5 Å². The smallest absolute Gasteiger partial charge is 0.227 e. The van der Waals surface area contributed by atoms with Crippen LogP contribution in [0.25, 0.3) is 0 Å². The summed E-state index contributed by atoms with van der Waals surface area (Å²) in [7, 11) is -2.16. The quantitative estimate of drug-likeness (QED) is 0.778. The number of sulfonamides is 1. The zero-order chi connectivity index (χ0) is 17.9. The summed E-state index contributed by atoms with van der Waals surface area (Å²) >= 11 is 0. The monoisotopic (exact) mass is 355 g/mol. The van der Waals surface area contributed by atoms with Gasteiger partial charge in [0.05, 0.1) is 24.2 Å². The van der Waals surface area contributed by atoms with Crippen LogP contribution in [-0.2, 0) is 19.6 Å². The summed E-state index contributed by atoms with van der Waals surface area (Å²) < 4.78 is 27.7. The van der Waals surface area contributed by atoms with E-state index in [2.05, 4.69) is 5.32 Å². The molecule has 0 bridgehead atoms. The Labute approximate surface area is 141 Å². The summed E-state index contributed by atoms with van der Waals surface area (Å²) in [6, 6.07) is 4.97. The molecule has 0 aliphatic carbocycles. The number of primary sulfonamides is 1. The Morgan fingerprint density at radius 1 is 1.46 bits per heavy atom. The molecule has 1 unspecified atom stereocenters. The second kappa shape index (κ2) is 7.18. The van der Waals surface area contributed by atoms with Gasteiger partial charge in [-0.1, -0.05) is 6.92 Å². The highest BCUT2D eigenvalue weighted by Gasteiger charge is 2.34. The van der Waals surface area contributed by atoms with Crippen LogP contribution in [-0.4, -0.2) is 39.6 Å². The zero-order valence-corrected chi connectivity index (χ0v) is 14.4. The fourth-order valence-electron chi connectivity index (χ4n) is 2.66. The van der Waals surface area contributed by atoms with E-state index < -0.39 is 10.0 Å². The van der Waals surface area contributed by atoms with E-state index in [0.29, 0.717) is 23.5 Å². The third kappa shape index (κ3) is 4.45. The van der Waals surface area contributed by atoms with E-state index in [1.165, 1.54) is 12.0 Å². The summed E-state index contributed by atoms with van der Waals surface area (Å²) in [5.41, 5.74) is 0.963. The normalized spacial score (nSPS) is 17.9. The highest BCUT2D eigenvalue weighted by atomic mass is 32.2. The molecule has 132 valence electrons. The molecule has 1 aliphatic rings. The number of hydrogen-bond donors (Lipinski definition) is 2. The van der Waals surface area contributed by atoms with Gasteiger partial charge in [-0.15, -0.1) is 0 Å². The summed E-state index contributed by atoms with van der Waals surface area (Å²) in [6.07, 6.45) is 0.391. The first-order valence-corrected chi connectivity index (χ1v) is 9.23. The molecular weight excluding hydrogens is 334 g/mol. The van der Waals surface area contributed by atoms with E-state index >= 15 is 0 Å². The molecule has 2 rings (SSSR count). The van der Waals surface area contributed by atoms with Crippen molar-refractivity contribution < 1.29 is 22.7 Å². The number of hydrogen-bond acceptors (Lipinski definition) is 5. The van der Waals surface area contributed by atoms with Crippen molar-refractivity contribution in [3.63, 3.8) is 0 Å². The van der Waals surface area contributed by atoms with Crippen molar-refractivity contribution in [2.75, 3.05) is 29.6 Å². The lowest BCUT2D eigenvalue weighted by atomic mass is 10.1. The molecular formula is C15H21N3O5S. The molecule has 2 amide bonds. The molecule has 1 fully saturated rings. The predicted molar refractivity (Wildman–Crippen MR) is 90.3 cm³/mol. The molecule has 1 aliphatic heterocycles. The van der Waals surface area contributed by atoms with Gasteiger partial charge in [-0.2, -0.15) is 0 Å². The lowest BCUT2D eigenvalue weighted by Crippen LogP contribution is -2.28. The van der Waals surface area contributed by atoms with Crippen molar-refractivity contribution in [2.24, 2.45) is 11.1 Å². The SMILES string of the molecule is CCC(=O)Nc1ccc(OC)cc1N1CC(CS(N)(=O)=O)CC1=O. The molecule has 0 radical (unpaired) electrons. The summed E-state index contributed by atoms with van der Waals surface area (Å²) in [5, 5.41) is 7.81. The van der Waals surface area contributed by atoms with Crippen LogP contribution < -0.4 is 20.1 Å². The van der Waals surface area contributed by atoms with Gasteiger partial charge < -0.3 is 15.0 Å². The molecule has 1 aromatic rings. The maximum atomic E-state index is 12.3. The minimum atomic E-state index is -3.66. The number of methoxy groups -OCH3 is 1. The number of amides is 2. The number of nitrogens with zero attached hydrogens (tertiary/aromatic N) is 1. The van der Waals surface area contributed by atoms with Crippen LogP contribution >= 0.6 is 0 Å². The van der Waals surface area contributed by atoms with Crippen LogP contribution in [0, 0.1) is 5.92 Å². The van der Waals surface area contributed by atoms with Gasteiger partial charge in [0.2, 0.25) is 21.8 Å². The third-order valence-electron chi connectivity index (χ3n) is 3.76. The Morgan fingerprint density at radius 3 is 2.75 bits per heavy atom. The molecule has 1 heterocycles. The largest absolute Gasteiger partial charge is 0.497 e. The minimum absolute atomic E-state index is 0.0921. The summed E-state index contributed by atoms with van der Waals surface area (Å²) in [4.78, 5) is 25.5. The molecule has 3 N–H and O–H groups in total. The van der Waals surface area contributed by atoms with Crippen molar-refractivity contribution in [3.8, 4) is 5.75 Å². The van der Waals surface area contributed by atoms with Gasteiger partial charge in [-0.05, 0) is 12.1 Å². The second-order valence-electron chi connectivity index (χ2n) is 5.69. The molecule has 0 aromatic heterocycles. The van der Waals surface area contributed by atoms with Crippen LogP contribution in [0.5, 0.6) is 5.75 Å². The van der Waals surface area contributed by atoms with Crippen molar-refractivity contribution in [1.82, 2.24) is 0 Å². The van der Waals surface area contributed by atoms with E-state index in [1.807, 2.05) is 0 Å². The maximum Gasteiger partial charge on any atom is 0.227 e. The van der Waals surface area contributed by atoms with Gasteiger partial charge in [0.1, 0.15) is 5.75 Å².